The van der Waals surface area contributed by atoms with Crippen LogP contribution >= 0.6 is 11.3 Å². The Labute approximate surface area is 160 Å². The van der Waals surface area contributed by atoms with E-state index in [4.69, 9.17) is 0 Å². The summed E-state index contributed by atoms with van der Waals surface area (Å²) in [4.78, 5) is 20.7. The van der Waals surface area contributed by atoms with E-state index in [1.54, 1.807) is 0 Å². The molecule has 0 N–H and O–H groups in total. The van der Waals surface area contributed by atoms with E-state index in [1.165, 1.54) is 17.4 Å². The van der Waals surface area contributed by atoms with Gasteiger partial charge in [-0.25, -0.2) is 13.8 Å². The van der Waals surface area contributed by atoms with E-state index in [0.717, 1.165) is 18.1 Å². The number of fused-ring (bicyclic) bond motifs is 1. The molecule has 0 aliphatic carbocycles. The second-order valence-corrected chi connectivity index (χ2v) is 7.59. The molecular weight excluding hydrogens is 368 g/mol. The van der Waals surface area contributed by atoms with Crippen molar-refractivity contribution in [2.24, 2.45) is 0 Å². The summed E-state index contributed by atoms with van der Waals surface area (Å²) in [6, 6.07) is 12.1. The van der Waals surface area contributed by atoms with Crippen molar-refractivity contribution in [1.29, 1.82) is 0 Å². The van der Waals surface area contributed by atoms with Crippen LogP contribution in [0.5, 0.6) is 0 Å². The summed E-state index contributed by atoms with van der Waals surface area (Å²) < 4.78 is 27.7. The molecule has 4 rings (SSSR count). The SMILES string of the molecule is O=C(CCc1ccccc1)N1CCN(c2nc3c(F)cc(F)cc3s2)CC1. The number of benzene rings is 2. The molecule has 7 heteroatoms. The third-order valence-corrected chi connectivity index (χ3v) is 5.84. The van der Waals surface area contributed by atoms with Crippen LogP contribution in [-0.4, -0.2) is 42.0 Å². The second kappa shape index (κ2) is 7.60. The Bertz CT molecular complexity index is 953. The molecule has 1 amide bonds. The number of nitrogens with zero attached hydrogens (tertiary/aromatic N) is 3. The number of halogens is 2. The Hall–Kier alpha value is -2.54. The molecule has 1 aromatic heterocycles. The van der Waals surface area contributed by atoms with Crippen LogP contribution in [0.2, 0.25) is 0 Å². The molecule has 2 heterocycles. The Kier molecular flexibility index (Phi) is 5.03. The van der Waals surface area contributed by atoms with Gasteiger partial charge in [0.15, 0.2) is 10.9 Å². The third-order valence-electron chi connectivity index (χ3n) is 4.78. The zero-order valence-electron chi connectivity index (χ0n) is 14.7. The van der Waals surface area contributed by atoms with Crippen molar-refractivity contribution in [3.8, 4) is 0 Å². The maximum Gasteiger partial charge on any atom is 0.223 e. The molecule has 1 aliphatic rings. The lowest BCUT2D eigenvalue weighted by atomic mass is 10.1. The number of thiazole rings is 1. The van der Waals surface area contributed by atoms with Gasteiger partial charge in [-0.15, -0.1) is 0 Å². The standard InChI is InChI=1S/C20H19F2N3OS/c21-15-12-16(22)19-17(13-15)27-20(23-19)25-10-8-24(9-11-25)18(26)7-6-14-4-2-1-3-5-14/h1-5,12-13H,6-11H2. The van der Waals surface area contributed by atoms with E-state index in [-0.39, 0.29) is 11.4 Å². The first-order valence-corrected chi connectivity index (χ1v) is 9.74. The summed E-state index contributed by atoms with van der Waals surface area (Å²) >= 11 is 1.28. The topological polar surface area (TPSA) is 36.4 Å². The number of amides is 1. The van der Waals surface area contributed by atoms with Crippen molar-refractivity contribution in [3.05, 3.63) is 59.7 Å². The van der Waals surface area contributed by atoms with Gasteiger partial charge in [-0.1, -0.05) is 41.7 Å². The average molecular weight is 387 g/mol. The largest absolute Gasteiger partial charge is 0.345 e. The quantitative estimate of drug-likeness (QED) is 0.682. The van der Waals surface area contributed by atoms with Crippen molar-refractivity contribution >= 4 is 32.6 Å². The van der Waals surface area contributed by atoms with Crippen LogP contribution in [0.25, 0.3) is 10.2 Å². The zero-order chi connectivity index (χ0) is 18.8. The van der Waals surface area contributed by atoms with Gasteiger partial charge >= 0.3 is 0 Å². The second-order valence-electron chi connectivity index (χ2n) is 6.58. The van der Waals surface area contributed by atoms with Gasteiger partial charge in [0, 0.05) is 38.7 Å². The summed E-state index contributed by atoms with van der Waals surface area (Å²) in [5.41, 5.74) is 1.37. The fraction of sp³-hybridized carbons (Fsp3) is 0.300. The summed E-state index contributed by atoms with van der Waals surface area (Å²) in [6.07, 6.45) is 1.23. The summed E-state index contributed by atoms with van der Waals surface area (Å²) in [7, 11) is 0. The van der Waals surface area contributed by atoms with Gasteiger partial charge < -0.3 is 9.80 Å². The van der Waals surface area contributed by atoms with Crippen LogP contribution < -0.4 is 4.90 Å². The van der Waals surface area contributed by atoms with E-state index in [0.29, 0.717) is 42.4 Å². The molecule has 4 nitrogen and oxygen atoms in total. The molecule has 0 radical (unpaired) electrons. The van der Waals surface area contributed by atoms with Gasteiger partial charge in [0.05, 0.1) is 4.70 Å². The van der Waals surface area contributed by atoms with E-state index >= 15 is 0 Å². The highest BCUT2D eigenvalue weighted by atomic mass is 32.1. The number of hydrogen-bond donors (Lipinski definition) is 0. The molecule has 1 saturated heterocycles. The number of piperazine rings is 1. The molecule has 140 valence electrons. The molecule has 1 aliphatic heterocycles. The average Bonchev–Trinajstić information content (AvgIpc) is 3.11. The maximum absolute atomic E-state index is 13.9. The van der Waals surface area contributed by atoms with Gasteiger partial charge in [-0.2, -0.15) is 0 Å². The number of carbonyl (C=O) groups excluding carboxylic acids is 1. The number of carbonyl (C=O) groups is 1. The van der Waals surface area contributed by atoms with Crippen LogP contribution in [0, 0.1) is 11.6 Å². The third kappa shape index (κ3) is 3.93. The van der Waals surface area contributed by atoms with E-state index in [9.17, 15) is 13.6 Å². The fourth-order valence-corrected chi connectivity index (χ4v) is 4.34. The van der Waals surface area contributed by atoms with E-state index in [2.05, 4.69) is 4.98 Å². The van der Waals surface area contributed by atoms with Gasteiger partial charge in [-0.05, 0) is 18.1 Å². The molecule has 2 aromatic carbocycles. The maximum atomic E-state index is 13.9. The van der Waals surface area contributed by atoms with Crippen molar-refractivity contribution in [2.75, 3.05) is 31.1 Å². The fourth-order valence-electron chi connectivity index (χ4n) is 3.28. The first kappa shape index (κ1) is 17.9. The number of rotatable bonds is 4. The molecule has 3 aromatic rings. The molecule has 27 heavy (non-hydrogen) atoms. The Morgan fingerprint density at radius 1 is 1.07 bits per heavy atom. The van der Waals surface area contributed by atoms with Crippen molar-refractivity contribution in [1.82, 2.24) is 9.88 Å². The molecule has 0 spiro atoms. The minimum absolute atomic E-state index is 0.149. The van der Waals surface area contributed by atoms with Crippen LogP contribution in [-0.2, 0) is 11.2 Å². The molecule has 0 atom stereocenters. The van der Waals surface area contributed by atoms with E-state index in [1.807, 2.05) is 40.1 Å². The molecule has 0 saturated carbocycles. The highest BCUT2D eigenvalue weighted by Gasteiger charge is 2.23. The Morgan fingerprint density at radius 3 is 2.56 bits per heavy atom. The predicted octanol–water partition coefficient (Wildman–Crippen LogP) is 3.86. The Morgan fingerprint density at radius 2 is 1.81 bits per heavy atom. The lowest BCUT2D eigenvalue weighted by Crippen LogP contribution is -2.48. The van der Waals surface area contributed by atoms with Crippen LogP contribution in [0.1, 0.15) is 12.0 Å². The Balaban J connectivity index is 1.36. The van der Waals surface area contributed by atoms with Crippen molar-refractivity contribution < 1.29 is 13.6 Å². The lowest BCUT2D eigenvalue weighted by molar-refractivity contribution is -0.131. The van der Waals surface area contributed by atoms with Crippen LogP contribution in [0.3, 0.4) is 0 Å². The number of aromatic nitrogens is 1. The summed E-state index contributed by atoms with van der Waals surface area (Å²) in [6.45, 7) is 2.50. The van der Waals surface area contributed by atoms with Crippen LogP contribution in [0.4, 0.5) is 13.9 Å². The summed E-state index contributed by atoms with van der Waals surface area (Å²) in [5.74, 6) is -1.08. The van der Waals surface area contributed by atoms with Gasteiger partial charge in [0.25, 0.3) is 0 Å². The first-order valence-electron chi connectivity index (χ1n) is 8.92. The number of aryl methyl sites for hydroxylation is 1. The monoisotopic (exact) mass is 387 g/mol. The lowest BCUT2D eigenvalue weighted by Gasteiger charge is -2.34. The minimum Gasteiger partial charge on any atom is -0.345 e. The normalized spacial score (nSPS) is 14.7. The van der Waals surface area contributed by atoms with Gasteiger partial charge in [0.2, 0.25) is 5.91 Å². The minimum atomic E-state index is -0.637. The highest BCUT2D eigenvalue weighted by molar-refractivity contribution is 7.22. The number of hydrogen-bond acceptors (Lipinski definition) is 4. The molecular formula is C20H19F2N3OS. The molecule has 0 bridgehead atoms. The molecule has 0 unspecified atom stereocenters. The zero-order valence-corrected chi connectivity index (χ0v) is 15.5. The van der Waals surface area contributed by atoms with E-state index < -0.39 is 11.6 Å². The van der Waals surface area contributed by atoms with Crippen molar-refractivity contribution in [2.45, 2.75) is 12.8 Å². The van der Waals surface area contributed by atoms with Gasteiger partial charge in [-0.3, -0.25) is 4.79 Å². The highest BCUT2D eigenvalue weighted by Crippen LogP contribution is 2.31. The first-order chi connectivity index (χ1) is 13.1. The number of anilines is 1. The van der Waals surface area contributed by atoms with Gasteiger partial charge in [0.1, 0.15) is 11.3 Å². The predicted molar refractivity (Wildman–Crippen MR) is 103 cm³/mol. The van der Waals surface area contributed by atoms with Crippen molar-refractivity contribution in [3.63, 3.8) is 0 Å². The van der Waals surface area contributed by atoms with Crippen LogP contribution in [0.15, 0.2) is 42.5 Å². The summed E-state index contributed by atoms with van der Waals surface area (Å²) in [5, 5.41) is 0.672. The molecule has 1 fully saturated rings. The smallest absolute Gasteiger partial charge is 0.223 e.